The number of nitrogens with one attached hydrogen (secondary N) is 2. The van der Waals surface area contributed by atoms with Crippen LogP contribution in [0.15, 0.2) is 65.6 Å². The summed E-state index contributed by atoms with van der Waals surface area (Å²) in [6.07, 6.45) is 0.267. The highest BCUT2D eigenvalue weighted by Gasteiger charge is 2.19. The van der Waals surface area contributed by atoms with Crippen LogP contribution in [0.4, 0.5) is 0 Å². The standard InChI is InChI=1S/C16H18N2O4S/c19-16(20)15(11-13-7-3-1-4-8-13)17-12-18-23(21,22)14-9-5-2-6-10-14/h1-10,15,17-18H,11-12H2,(H,19,20)/t15-/m0/s1. The SMILES string of the molecule is O=C(O)[C@H](Cc1ccccc1)NCNS(=O)(=O)c1ccccc1. The number of hydrogen-bond acceptors (Lipinski definition) is 4. The van der Waals surface area contributed by atoms with Crippen LogP contribution in [0.1, 0.15) is 5.56 Å². The van der Waals surface area contributed by atoms with Gasteiger partial charge in [-0.15, -0.1) is 0 Å². The molecule has 0 radical (unpaired) electrons. The Kier molecular flexibility index (Phi) is 5.86. The van der Waals surface area contributed by atoms with Crippen molar-refractivity contribution in [3.63, 3.8) is 0 Å². The summed E-state index contributed by atoms with van der Waals surface area (Å²) in [4.78, 5) is 11.4. The molecule has 0 unspecified atom stereocenters. The number of hydrogen-bond donors (Lipinski definition) is 3. The summed E-state index contributed by atoms with van der Waals surface area (Å²) in [5.74, 6) is -1.03. The Bertz CT molecular complexity index is 733. The molecule has 0 heterocycles. The van der Waals surface area contributed by atoms with Crippen molar-refractivity contribution < 1.29 is 18.3 Å². The third-order valence-corrected chi connectivity index (χ3v) is 4.66. The Labute approximate surface area is 135 Å². The predicted octanol–water partition coefficient (Wildman–Crippen LogP) is 1.21. The van der Waals surface area contributed by atoms with E-state index in [0.29, 0.717) is 0 Å². The van der Waals surface area contributed by atoms with Gasteiger partial charge in [-0.2, -0.15) is 4.72 Å². The molecule has 0 aliphatic heterocycles. The summed E-state index contributed by atoms with van der Waals surface area (Å²) in [5, 5.41) is 11.9. The molecule has 0 fully saturated rings. The Morgan fingerprint density at radius 1 is 1.00 bits per heavy atom. The summed E-state index contributed by atoms with van der Waals surface area (Å²) in [7, 11) is -3.66. The molecule has 6 nitrogen and oxygen atoms in total. The van der Waals surface area contributed by atoms with Crippen molar-refractivity contribution in [3.05, 3.63) is 66.2 Å². The van der Waals surface area contributed by atoms with Crippen molar-refractivity contribution >= 4 is 16.0 Å². The van der Waals surface area contributed by atoms with Crippen LogP contribution in [0.2, 0.25) is 0 Å². The van der Waals surface area contributed by atoms with Gasteiger partial charge < -0.3 is 5.11 Å². The van der Waals surface area contributed by atoms with Crippen LogP contribution in [0.25, 0.3) is 0 Å². The first kappa shape index (κ1) is 17.1. The number of sulfonamides is 1. The predicted molar refractivity (Wildman–Crippen MR) is 86.3 cm³/mol. The van der Waals surface area contributed by atoms with Crippen molar-refractivity contribution in [3.8, 4) is 0 Å². The normalized spacial score (nSPS) is 12.7. The van der Waals surface area contributed by atoms with Crippen LogP contribution in [-0.2, 0) is 21.2 Å². The molecule has 2 aromatic rings. The Balaban J connectivity index is 1.93. The summed E-state index contributed by atoms with van der Waals surface area (Å²) in [6.45, 7) is -0.166. The van der Waals surface area contributed by atoms with Crippen molar-refractivity contribution in [2.75, 3.05) is 6.67 Å². The molecular formula is C16H18N2O4S. The number of aliphatic carboxylic acids is 1. The molecule has 1 atom stereocenters. The van der Waals surface area contributed by atoms with Crippen LogP contribution in [0, 0.1) is 0 Å². The second-order valence-corrected chi connectivity index (χ2v) is 6.69. The highest BCUT2D eigenvalue weighted by atomic mass is 32.2. The van der Waals surface area contributed by atoms with E-state index in [1.54, 1.807) is 18.2 Å². The van der Waals surface area contributed by atoms with Gasteiger partial charge in [0.2, 0.25) is 10.0 Å². The number of carboxylic acids is 1. The van der Waals surface area contributed by atoms with Crippen molar-refractivity contribution in [1.82, 2.24) is 10.0 Å². The van der Waals surface area contributed by atoms with E-state index >= 15 is 0 Å². The monoisotopic (exact) mass is 334 g/mol. The van der Waals surface area contributed by atoms with E-state index in [-0.39, 0.29) is 18.0 Å². The third kappa shape index (κ3) is 5.17. The lowest BCUT2D eigenvalue weighted by Gasteiger charge is -2.15. The van der Waals surface area contributed by atoms with Gasteiger partial charge in [0.15, 0.2) is 0 Å². The first-order valence-corrected chi connectivity index (χ1v) is 8.52. The number of carboxylic acid groups (broad SMARTS) is 1. The molecule has 0 aliphatic carbocycles. The summed E-state index contributed by atoms with van der Waals surface area (Å²) in [5.41, 5.74) is 0.860. The summed E-state index contributed by atoms with van der Waals surface area (Å²) >= 11 is 0. The zero-order chi connectivity index (χ0) is 16.7. The van der Waals surface area contributed by atoms with Gasteiger partial charge in [-0.05, 0) is 24.1 Å². The molecule has 0 saturated heterocycles. The molecule has 0 aromatic heterocycles. The molecular weight excluding hydrogens is 316 g/mol. The van der Waals surface area contributed by atoms with Gasteiger partial charge in [-0.3, -0.25) is 10.1 Å². The molecule has 7 heteroatoms. The average Bonchev–Trinajstić information content (AvgIpc) is 2.55. The highest BCUT2D eigenvalue weighted by Crippen LogP contribution is 2.07. The van der Waals surface area contributed by atoms with Gasteiger partial charge in [-0.25, -0.2) is 8.42 Å². The molecule has 0 saturated carbocycles. The smallest absolute Gasteiger partial charge is 0.321 e. The molecule has 2 aromatic carbocycles. The molecule has 3 N–H and O–H groups in total. The molecule has 23 heavy (non-hydrogen) atoms. The number of carbonyl (C=O) groups is 1. The second-order valence-electron chi connectivity index (χ2n) is 4.92. The minimum atomic E-state index is -3.66. The first-order chi connectivity index (χ1) is 11.0. The number of rotatable bonds is 8. The Morgan fingerprint density at radius 3 is 2.13 bits per heavy atom. The van der Waals surface area contributed by atoms with Gasteiger partial charge in [0.1, 0.15) is 6.04 Å². The third-order valence-electron chi connectivity index (χ3n) is 3.24. The first-order valence-electron chi connectivity index (χ1n) is 7.04. The topological polar surface area (TPSA) is 95.5 Å². The number of benzene rings is 2. The largest absolute Gasteiger partial charge is 0.480 e. The molecule has 122 valence electrons. The molecule has 0 bridgehead atoms. The van der Waals surface area contributed by atoms with Crippen LogP contribution >= 0.6 is 0 Å². The lowest BCUT2D eigenvalue weighted by Crippen LogP contribution is -2.44. The highest BCUT2D eigenvalue weighted by molar-refractivity contribution is 7.89. The lowest BCUT2D eigenvalue weighted by molar-refractivity contribution is -0.139. The fraction of sp³-hybridized carbons (Fsp3) is 0.188. The van der Waals surface area contributed by atoms with Crippen LogP contribution < -0.4 is 10.0 Å². The van der Waals surface area contributed by atoms with E-state index in [2.05, 4.69) is 10.0 Å². The van der Waals surface area contributed by atoms with Crippen molar-refractivity contribution in [2.24, 2.45) is 0 Å². The van der Waals surface area contributed by atoms with Crippen LogP contribution in [-0.4, -0.2) is 32.2 Å². The van der Waals surface area contributed by atoms with E-state index in [0.717, 1.165) is 5.56 Å². The summed E-state index contributed by atoms with van der Waals surface area (Å²) < 4.78 is 26.4. The van der Waals surface area contributed by atoms with Gasteiger partial charge in [0, 0.05) is 0 Å². The fourth-order valence-electron chi connectivity index (χ4n) is 2.04. The zero-order valence-electron chi connectivity index (χ0n) is 12.3. The molecule has 0 amide bonds. The maximum Gasteiger partial charge on any atom is 0.321 e. The van der Waals surface area contributed by atoms with Crippen LogP contribution in [0.3, 0.4) is 0 Å². The van der Waals surface area contributed by atoms with E-state index < -0.39 is 22.0 Å². The Hall–Kier alpha value is -2.22. The second kappa shape index (κ2) is 7.87. The maximum absolute atomic E-state index is 12.0. The molecule has 2 rings (SSSR count). The van der Waals surface area contributed by atoms with E-state index in [9.17, 15) is 18.3 Å². The van der Waals surface area contributed by atoms with Gasteiger partial charge in [-0.1, -0.05) is 48.5 Å². The van der Waals surface area contributed by atoms with Crippen LogP contribution in [0.5, 0.6) is 0 Å². The minimum absolute atomic E-state index is 0.136. The van der Waals surface area contributed by atoms with Gasteiger partial charge >= 0.3 is 5.97 Å². The fourth-order valence-corrected chi connectivity index (χ4v) is 2.99. The van der Waals surface area contributed by atoms with E-state index in [4.69, 9.17) is 0 Å². The van der Waals surface area contributed by atoms with E-state index in [1.807, 2.05) is 30.3 Å². The zero-order valence-corrected chi connectivity index (χ0v) is 13.2. The van der Waals surface area contributed by atoms with Crippen molar-refractivity contribution in [1.29, 1.82) is 0 Å². The van der Waals surface area contributed by atoms with E-state index in [1.165, 1.54) is 12.1 Å². The average molecular weight is 334 g/mol. The van der Waals surface area contributed by atoms with Gasteiger partial charge in [0.25, 0.3) is 0 Å². The van der Waals surface area contributed by atoms with Gasteiger partial charge in [0.05, 0.1) is 11.6 Å². The maximum atomic E-state index is 12.0. The minimum Gasteiger partial charge on any atom is -0.480 e. The molecule has 0 aliphatic rings. The van der Waals surface area contributed by atoms with Crippen molar-refractivity contribution in [2.45, 2.75) is 17.4 Å². The quantitative estimate of drug-likeness (QED) is 0.631. The Morgan fingerprint density at radius 2 is 1.57 bits per heavy atom. The molecule has 0 spiro atoms. The lowest BCUT2D eigenvalue weighted by atomic mass is 10.1. The summed E-state index contributed by atoms with van der Waals surface area (Å²) in [6, 6.07) is 16.2.